The van der Waals surface area contributed by atoms with Crippen LogP contribution < -0.4 is 10.2 Å². The number of nitrogens with zero attached hydrogens (tertiary/aromatic N) is 3. The molecule has 0 radical (unpaired) electrons. The van der Waals surface area contributed by atoms with Crippen molar-refractivity contribution in [3.8, 4) is 0 Å². The molecule has 2 aromatic rings. The number of aromatic nitrogens is 1. The first-order chi connectivity index (χ1) is 12.1. The van der Waals surface area contributed by atoms with Crippen molar-refractivity contribution in [2.45, 2.75) is 19.8 Å². The standard InChI is InChI=1S/C17H20N4O2S2/c1-11-10-13(19-15(22)12-2-3-12)25-14(11)16(23)20-5-7-21(8-6-20)17-18-4-9-24-17/h4,9-10,12H,2-3,5-8H2,1H3,(H,19,22). The monoisotopic (exact) mass is 376 g/mol. The highest BCUT2D eigenvalue weighted by atomic mass is 32.1. The minimum absolute atomic E-state index is 0.0632. The normalized spacial score (nSPS) is 17.6. The minimum Gasteiger partial charge on any atom is -0.345 e. The van der Waals surface area contributed by atoms with Gasteiger partial charge in [0.15, 0.2) is 5.13 Å². The number of thiophene rings is 1. The third kappa shape index (κ3) is 3.55. The highest BCUT2D eigenvalue weighted by Gasteiger charge is 2.30. The number of aryl methyl sites for hydroxylation is 1. The highest BCUT2D eigenvalue weighted by molar-refractivity contribution is 7.18. The maximum Gasteiger partial charge on any atom is 0.264 e. The number of carbonyl (C=O) groups is 2. The molecular weight excluding hydrogens is 356 g/mol. The molecule has 0 bridgehead atoms. The molecule has 132 valence electrons. The van der Waals surface area contributed by atoms with Gasteiger partial charge in [-0.15, -0.1) is 22.7 Å². The SMILES string of the molecule is Cc1cc(NC(=O)C2CC2)sc1C(=O)N1CCN(c2nccs2)CC1. The number of nitrogens with one attached hydrogen (secondary N) is 1. The van der Waals surface area contributed by atoms with Crippen LogP contribution in [-0.2, 0) is 4.79 Å². The summed E-state index contributed by atoms with van der Waals surface area (Å²) in [6.07, 6.45) is 3.76. The Morgan fingerprint density at radius 1 is 1.24 bits per heavy atom. The lowest BCUT2D eigenvalue weighted by molar-refractivity contribution is -0.117. The first-order valence-electron chi connectivity index (χ1n) is 8.47. The lowest BCUT2D eigenvalue weighted by Gasteiger charge is -2.34. The van der Waals surface area contributed by atoms with Gasteiger partial charge >= 0.3 is 0 Å². The van der Waals surface area contributed by atoms with Gasteiger partial charge in [0.25, 0.3) is 5.91 Å². The van der Waals surface area contributed by atoms with Gasteiger partial charge in [0.2, 0.25) is 5.91 Å². The van der Waals surface area contributed by atoms with Gasteiger partial charge in [0.05, 0.1) is 9.88 Å². The molecular formula is C17H20N4O2S2. The van der Waals surface area contributed by atoms with Crippen molar-refractivity contribution < 1.29 is 9.59 Å². The second kappa shape index (κ2) is 6.76. The summed E-state index contributed by atoms with van der Waals surface area (Å²) in [7, 11) is 0. The molecule has 6 nitrogen and oxygen atoms in total. The van der Waals surface area contributed by atoms with E-state index in [1.807, 2.05) is 29.5 Å². The molecule has 8 heteroatoms. The fourth-order valence-electron chi connectivity index (χ4n) is 2.94. The Kier molecular flexibility index (Phi) is 4.47. The fourth-order valence-corrected chi connectivity index (χ4v) is 4.68. The van der Waals surface area contributed by atoms with E-state index in [9.17, 15) is 9.59 Å². The van der Waals surface area contributed by atoms with Crippen LogP contribution in [-0.4, -0.2) is 47.9 Å². The second-order valence-electron chi connectivity index (χ2n) is 6.48. The van der Waals surface area contributed by atoms with Crippen LogP contribution in [0, 0.1) is 12.8 Å². The van der Waals surface area contributed by atoms with Gasteiger partial charge < -0.3 is 15.1 Å². The van der Waals surface area contributed by atoms with Gasteiger partial charge in [-0.1, -0.05) is 0 Å². The van der Waals surface area contributed by atoms with Crippen molar-refractivity contribution in [1.82, 2.24) is 9.88 Å². The van der Waals surface area contributed by atoms with Crippen molar-refractivity contribution in [1.29, 1.82) is 0 Å². The molecule has 2 aliphatic rings. The van der Waals surface area contributed by atoms with Gasteiger partial charge in [0.1, 0.15) is 0 Å². The molecule has 0 unspecified atom stereocenters. The first kappa shape index (κ1) is 16.5. The predicted octanol–water partition coefficient (Wildman–Crippen LogP) is 2.82. The van der Waals surface area contributed by atoms with E-state index in [-0.39, 0.29) is 17.7 Å². The van der Waals surface area contributed by atoms with E-state index in [0.29, 0.717) is 13.1 Å². The molecule has 2 amide bonds. The first-order valence-corrected chi connectivity index (χ1v) is 10.2. The van der Waals surface area contributed by atoms with E-state index in [1.54, 1.807) is 11.3 Å². The number of anilines is 2. The summed E-state index contributed by atoms with van der Waals surface area (Å²) in [6, 6.07) is 1.91. The van der Waals surface area contributed by atoms with Crippen LogP contribution in [0.3, 0.4) is 0 Å². The van der Waals surface area contributed by atoms with Crippen LogP contribution in [0.4, 0.5) is 10.1 Å². The molecule has 1 aliphatic heterocycles. The van der Waals surface area contributed by atoms with Crippen molar-refractivity contribution in [3.63, 3.8) is 0 Å². The zero-order chi connectivity index (χ0) is 17.4. The van der Waals surface area contributed by atoms with E-state index in [2.05, 4.69) is 15.2 Å². The molecule has 0 aromatic carbocycles. The lowest BCUT2D eigenvalue weighted by Crippen LogP contribution is -2.48. The Bertz CT molecular complexity index is 775. The summed E-state index contributed by atoms with van der Waals surface area (Å²) in [5.74, 6) is 0.311. The highest BCUT2D eigenvalue weighted by Crippen LogP contribution is 2.33. The van der Waals surface area contributed by atoms with Crippen LogP contribution in [0.5, 0.6) is 0 Å². The van der Waals surface area contributed by atoms with Gasteiger partial charge in [-0.05, 0) is 31.4 Å². The van der Waals surface area contributed by atoms with Gasteiger partial charge in [0, 0.05) is 43.7 Å². The van der Waals surface area contributed by atoms with Crippen LogP contribution in [0.1, 0.15) is 28.1 Å². The van der Waals surface area contributed by atoms with Crippen LogP contribution >= 0.6 is 22.7 Å². The molecule has 0 spiro atoms. The number of amides is 2. The molecule has 0 atom stereocenters. The Morgan fingerprint density at radius 3 is 2.64 bits per heavy atom. The Balaban J connectivity index is 1.39. The molecule has 4 rings (SSSR count). The molecule has 3 heterocycles. The fraction of sp³-hybridized carbons (Fsp3) is 0.471. The minimum atomic E-state index is 0.0632. The summed E-state index contributed by atoms with van der Waals surface area (Å²) in [5.41, 5.74) is 0.934. The zero-order valence-corrected chi connectivity index (χ0v) is 15.7. The number of hydrogen-bond donors (Lipinski definition) is 1. The zero-order valence-electron chi connectivity index (χ0n) is 14.0. The average Bonchev–Trinajstić information content (AvgIpc) is 3.21. The van der Waals surface area contributed by atoms with Gasteiger partial charge in [-0.3, -0.25) is 9.59 Å². The topological polar surface area (TPSA) is 65.5 Å². The molecule has 1 saturated heterocycles. The predicted molar refractivity (Wildman–Crippen MR) is 101 cm³/mol. The summed E-state index contributed by atoms with van der Waals surface area (Å²) >= 11 is 3.01. The largest absolute Gasteiger partial charge is 0.345 e. The number of carbonyl (C=O) groups excluding carboxylic acids is 2. The summed E-state index contributed by atoms with van der Waals surface area (Å²) in [4.78, 5) is 33.9. The number of hydrogen-bond acceptors (Lipinski definition) is 6. The average molecular weight is 377 g/mol. The molecule has 1 aliphatic carbocycles. The molecule has 1 N–H and O–H groups in total. The van der Waals surface area contributed by atoms with Gasteiger partial charge in [-0.25, -0.2) is 4.98 Å². The smallest absolute Gasteiger partial charge is 0.264 e. The molecule has 25 heavy (non-hydrogen) atoms. The van der Waals surface area contributed by atoms with Crippen molar-refractivity contribution in [3.05, 3.63) is 28.1 Å². The van der Waals surface area contributed by atoms with E-state index in [0.717, 1.165) is 46.5 Å². The summed E-state index contributed by atoms with van der Waals surface area (Å²) in [6.45, 7) is 4.92. The lowest BCUT2D eigenvalue weighted by atomic mass is 10.2. The van der Waals surface area contributed by atoms with Crippen LogP contribution in [0.25, 0.3) is 0 Å². The van der Waals surface area contributed by atoms with Crippen molar-refractivity contribution >= 4 is 44.6 Å². The third-order valence-electron chi connectivity index (χ3n) is 4.56. The van der Waals surface area contributed by atoms with Crippen LogP contribution in [0.2, 0.25) is 0 Å². The Labute approximate surface area is 154 Å². The van der Waals surface area contributed by atoms with Crippen LogP contribution in [0.15, 0.2) is 17.6 Å². The number of rotatable bonds is 4. The Hall–Kier alpha value is -1.93. The maximum absolute atomic E-state index is 12.9. The molecule has 2 aromatic heterocycles. The van der Waals surface area contributed by atoms with Crippen molar-refractivity contribution in [2.75, 3.05) is 36.4 Å². The summed E-state index contributed by atoms with van der Waals surface area (Å²) < 4.78 is 0. The Morgan fingerprint density at radius 2 is 2.00 bits per heavy atom. The van der Waals surface area contributed by atoms with E-state index < -0.39 is 0 Å². The summed E-state index contributed by atoms with van der Waals surface area (Å²) in [5, 5.41) is 6.71. The quantitative estimate of drug-likeness (QED) is 0.891. The van der Waals surface area contributed by atoms with E-state index in [1.165, 1.54) is 11.3 Å². The maximum atomic E-state index is 12.9. The van der Waals surface area contributed by atoms with Crippen molar-refractivity contribution in [2.24, 2.45) is 5.92 Å². The number of piperazine rings is 1. The number of thiazole rings is 1. The van der Waals surface area contributed by atoms with E-state index in [4.69, 9.17) is 0 Å². The third-order valence-corrected chi connectivity index (χ3v) is 6.54. The van der Waals surface area contributed by atoms with Gasteiger partial charge in [-0.2, -0.15) is 0 Å². The van der Waals surface area contributed by atoms with E-state index >= 15 is 0 Å². The molecule has 1 saturated carbocycles. The second-order valence-corrected chi connectivity index (χ2v) is 8.41. The molecule has 2 fully saturated rings.